The van der Waals surface area contributed by atoms with Gasteiger partial charge in [0.1, 0.15) is 6.04 Å². The monoisotopic (exact) mass is 385 g/mol. The van der Waals surface area contributed by atoms with Crippen LogP contribution in [0.25, 0.3) is 0 Å². The van der Waals surface area contributed by atoms with Crippen LogP contribution in [0.5, 0.6) is 0 Å². The molecule has 0 fully saturated rings. The van der Waals surface area contributed by atoms with E-state index < -0.39 is 34.5 Å². The van der Waals surface area contributed by atoms with Crippen LogP contribution in [-0.4, -0.2) is 52.4 Å². The van der Waals surface area contributed by atoms with E-state index in [9.17, 15) is 22.8 Å². The van der Waals surface area contributed by atoms with Gasteiger partial charge in [-0.2, -0.15) is 0 Å². The summed E-state index contributed by atoms with van der Waals surface area (Å²) in [5.74, 6) is -1.83. The molecule has 0 aromatic heterocycles. The molecule has 2 amide bonds. The topological polar surface area (TPSA) is 131 Å². The van der Waals surface area contributed by atoms with Gasteiger partial charge in [0, 0.05) is 6.54 Å². The molecule has 0 unspecified atom stereocenters. The van der Waals surface area contributed by atoms with Gasteiger partial charge in [0.15, 0.2) is 6.61 Å². The van der Waals surface area contributed by atoms with Crippen molar-refractivity contribution in [1.82, 2.24) is 15.4 Å². The van der Waals surface area contributed by atoms with E-state index in [0.717, 1.165) is 12.5 Å². The summed E-state index contributed by atoms with van der Waals surface area (Å²) in [5.41, 5.74) is -0.0112. The van der Waals surface area contributed by atoms with Crippen molar-refractivity contribution < 1.29 is 27.5 Å². The number of ether oxygens (including phenoxy) is 1. The van der Waals surface area contributed by atoms with E-state index in [1.165, 1.54) is 32.2 Å². The summed E-state index contributed by atoms with van der Waals surface area (Å²) in [5, 5.41) is 5.04. The first-order chi connectivity index (χ1) is 12.2. The smallest absolute Gasteiger partial charge is 0.338 e. The van der Waals surface area contributed by atoms with Gasteiger partial charge in [-0.3, -0.25) is 9.59 Å². The molecule has 0 aliphatic rings. The van der Waals surface area contributed by atoms with Crippen molar-refractivity contribution in [3.8, 4) is 0 Å². The highest BCUT2D eigenvalue weighted by molar-refractivity contribution is 7.89. The lowest BCUT2D eigenvalue weighted by Crippen LogP contribution is -2.46. The number of hydrogen-bond acceptors (Lipinski definition) is 6. The van der Waals surface area contributed by atoms with Gasteiger partial charge in [-0.25, -0.2) is 17.9 Å². The first kappa shape index (κ1) is 21.6. The third-order valence-corrected chi connectivity index (χ3v) is 4.72. The average Bonchev–Trinajstić information content (AvgIpc) is 2.64. The summed E-state index contributed by atoms with van der Waals surface area (Å²) < 4.78 is 30.5. The van der Waals surface area contributed by atoms with Gasteiger partial charge in [0.25, 0.3) is 5.91 Å². The van der Waals surface area contributed by atoms with Crippen LogP contribution in [0.2, 0.25) is 0 Å². The maximum atomic E-state index is 12.0. The molecule has 1 atom stereocenters. The molecule has 0 saturated heterocycles. The Morgan fingerprint density at radius 2 is 1.92 bits per heavy atom. The fraction of sp³-hybridized carbons (Fsp3) is 0.438. The lowest BCUT2D eigenvalue weighted by atomic mass is 10.2. The number of esters is 1. The molecule has 1 rings (SSSR count). The summed E-state index contributed by atoms with van der Waals surface area (Å²) in [4.78, 5) is 35.3. The van der Waals surface area contributed by atoms with Gasteiger partial charge in [-0.05, 0) is 38.6 Å². The highest BCUT2D eigenvalue weighted by Crippen LogP contribution is 2.12. The zero-order chi connectivity index (χ0) is 19.7. The Morgan fingerprint density at radius 1 is 1.23 bits per heavy atom. The van der Waals surface area contributed by atoms with Crippen molar-refractivity contribution in [1.29, 1.82) is 0 Å². The number of carbonyl (C=O) groups excluding carboxylic acids is 3. The first-order valence-electron chi connectivity index (χ1n) is 7.99. The number of rotatable bonds is 9. The van der Waals surface area contributed by atoms with Crippen molar-refractivity contribution in [3.63, 3.8) is 0 Å². The van der Waals surface area contributed by atoms with Crippen molar-refractivity contribution >= 4 is 27.8 Å². The van der Waals surface area contributed by atoms with Gasteiger partial charge < -0.3 is 15.4 Å². The van der Waals surface area contributed by atoms with Crippen molar-refractivity contribution in [2.75, 3.05) is 20.2 Å². The van der Waals surface area contributed by atoms with Crippen molar-refractivity contribution in [2.24, 2.45) is 0 Å². The predicted molar refractivity (Wildman–Crippen MR) is 93.9 cm³/mol. The molecule has 9 nitrogen and oxygen atoms in total. The molecule has 1 aromatic rings. The van der Waals surface area contributed by atoms with Gasteiger partial charge in [-0.15, -0.1) is 0 Å². The fourth-order valence-electron chi connectivity index (χ4n) is 1.87. The van der Waals surface area contributed by atoms with Crippen molar-refractivity contribution in [3.05, 3.63) is 29.8 Å². The van der Waals surface area contributed by atoms with Crippen LogP contribution in [-0.2, 0) is 24.3 Å². The molecule has 0 spiro atoms. The van der Waals surface area contributed by atoms with E-state index in [1.807, 2.05) is 6.92 Å². The lowest BCUT2D eigenvalue weighted by molar-refractivity contribution is -0.130. The normalized spacial score (nSPS) is 12.1. The van der Waals surface area contributed by atoms with Crippen LogP contribution in [0.1, 0.15) is 30.6 Å². The molecule has 0 heterocycles. The summed E-state index contributed by atoms with van der Waals surface area (Å²) in [6.45, 7) is 3.32. The number of carbonyl (C=O) groups is 3. The van der Waals surface area contributed by atoms with Crippen LogP contribution in [0.4, 0.5) is 0 Å². The fourth-order valence-corrected chi connectivity index (χ4v) is 2.65. The Morgan fingerprint density at radius 3 is 2.54 bits per heavy atom. The molecule has 0 saturated carbocycles. The molecule has 144 valence electrons. The van der Waals surface area contributed by atoms with E-state index in [0.29, 0.717) is 6.54 Å². The zero-order valence-corrected chi connectivity index (χ0v) is 15.7. The van der Waals surface area contributed by atoms with E-state index in [4.69, 9.17) is 4.74 Å². The van der Waals surface area contributed by atoms with E-state index >= 15 is 0 Å². The van der Waals surface area contributed by atoms with E-state index in [1.54, 1.807) is 0 Å². The standard InChI is InChI=1S/C16H23N3O6S/c1-4-8-18-15(21)11(2)19-14(20)10-25-16(22)12-6-5-7-13(9-12)26(23,24)17-3/h5-7,9,11,17H,4,8,10H2,1-3H3,(H,18,21)(H,19,20)/t11-/m1/s1. The minimum Gasteiger partial charge on any atom is -0.452 e. The second-order valence-corrected chi connectivity index (χ2v) is 7.28. The average molecular weight is 385 g/mol. The third-order valence-electron chi connectivity index (χ3n) is 3.30. The summed E-state index contributed by atoms with van der Waals surface area (Å²) in [6, 6.07) is 4.46. The Labute approximate surface area is 152 Å². The maximum Gasteiger partial charge on any atom is 0.338 e. The molecule has 0 aliphatic carbocycles. The summed E-state index contributed by atoms with van der Waals surface area (Å²) >= 11 is 0. The van der Waals surface area contributed by atoms with E-state index in [2.05, 4.69) is 15.4 Å². The van der Waals surface area contributed by atoms with Crippen LogP contribution in [0.15, 0.2) is 29.2 Å². The second-order valence-electron chi connectivity index (χ2n) is 5.39. The quantitative estimate of drug-likeness (QED) is 0.504. The van der Waals surface area contributed by atoms with Crippen LogP contribution >= 0.6 is 0 Å². The minimum atomic E-state index is -3.70. The largest absolute Gasteiger partial charge is 0.452 e. The zero-order valence-electron chi connectivity index (χ0n) is 14.9. The molecular formula is C16H23N3O6S. The second kappa shape index (κ2) is 9.88. The SMILES string of the molecule is CCCNC(=O)[C@@H](C)NC(=O)COC(=O)c1cccc(S(=O)(=O)NC)c1. The summed E-state index contributed by atoms with van der Waals surface area (Å²) in [7, 11) is -2.45. The molecule has 1 aromatic carbocycles. The molecule has 0 radical (unpaired) electrons. The Bertz CT molecular complexity index is 763. The highest BCUT2D eigenvalue weighted by Gasteiger charge is 2.18. The molecule has 10 heteroatoms. The van der Waals surface area contributed by atoms with Crippen LogP contribution in [0.3, 0.4) is 0 Å². The Hall–Kier alpha value is -2.46. The van der Waals surface area contributed by atoms with Crippen molar-refractivity contribution in [2.45, 2.75) is 31.2 Å². The number of hydrogen-bond donors (Lipinski definition) is 3. The molecule has 0 aliphatic heterocycles. The van der Waals surface area contributed by atoms with Gasteiger partial charge in [0.2, 0.25) is 15.9 Å². The minimum absolute atomic E-state index is 0.0112. The van der Waals surface area contributed by atoms with Gasteiger partial charge in [0.05, 0.1) is 10.5 Å². The maximum absolute atomic E-state index is 12.0. The van der Waals surface area contributed by atoms with Crippen LogP contribution < -0.4 is 15.4 Å². The van der Waals surface area contributed by atoms with Crippen LogP contribution in [0, 0.1) is 0 Å². The molecule has 3 N–H and O–H groups in total. The van der Waals surface area contributed by atoms with E-state index in [-0.39, 0.29) is 16.4 Å². The van der Waals surface area contributed by atoms with Gasteiger partial charge >= 0.3 is 5.97 Å². The van der Waals surface area contributed by atoms with Gasteiger partial charge in [-0.1, -0.05) is 13.0 Å². The molecule has 26 heavy (non-hydrogen) atoms. The number of nitrogens with one attached hydrogen (secondary N) is 3. The lowest BCUT2D eigenvalue weighted by Gasteiger charge is -2.14. The third kappa shape index (κ3) is 6.45. The summed E-state index contributed by atoms with van der Waals surface area (Å²) in [6.07, 6.45) is 0.770. The Kier molecular flexibility index (Phi) is 8.20. The number of sulfonamides is 1. The highest BCUT2D eigenvalue weighted by atomic mass is 32.2. The first-order valence-corrected chi connectivity index (χ1v) is 9.47. The molecule has 0 bridgehead atoms. The number of benzene rings is 1. The number of amides is 2. The Balaban J connectivity index is 2.60. The molecular weight excluding hydrogens is 362 g/mol. The predicted octanol–water partition coefficient (Wildman–Crippen LogP) is -0.218.